The van der Waals surface area contributed by atoms with Gasteiger partial charge in [-0.3, -0.25) is 0 Å². The average molecular weight is 896 g/mol. The van der Waals surface area contributed by atoms with Crippen LogP contribution in [-0.4, -0.2) is 0 Å². The molecular formula is C66H41NOS. The van der Waals surface area contributed by atoms with Gasteiger partial charge >= 0.3 is 0 Å². The summed E-state index contributed by atoms with van der Waals surface area (Å²) in [6.07, 6.45) is 0. The Bertz CT molecular complexity index is 4280. The molecule has 1 aliphatic heterocycles. The molecule has 322 valence electrons. The molecule has 0 atom stereocenters. The van der Waals surface area contributed by atoms with E-state index in [0.717, 1.165) is 50.8 Å². The van der Waals surface area contributed by atoms with Crippen LogP contribution < -0.4 is 9.64 Å². The number of hydrogen-bond acceptors (Lipinski definition) is 3. The summed E-state index contributed by atoms with van der Waals surface area (Å²) in [7, 11) is 0. The summed E-state index contributed by atoms with van der Waals surface area (Å²) in [5, 5.41) is 14.6. The van der Waals surface area contributed by atoms with Gasteiger partial charge in [0.15, 0.2) is 0 Å². The standard InChI is InChI=1S/C66H41NOS/c1-2-16-42(17-3-1)43-30-32-44(33-31-43)67(46-35-37-64-61(39-46)54-25-11-8-22-51(54)56-26-12-14-28-63(56)68-64)45-34-36-55-58(38-45)52-23-9-6-20-49(52)47-18-4-5-19-48(47)50-21-7-10-24-53(50)59-40-62-57-27-13-15-29-65(57)69-66(62)41-60(55)59/h1-41H. The third kappa shape index (κ3) is 6.47. The van der Waals surface area contributed by atoms with Gasteiger partial charge < -0.3 is 9.64 Å². The molecule has 0 amide bonds. The van der Waals surface area contributed by atoms with E-state index in [-0.39, 0.29) is 0 Å². The molecule has 0 spiro atoms. The number of ether oxygens (including phenoxy) is 1. The van der Waals surface area contributed by atoms with Crippen LogP contribution in [0.2, 0.25) is 0 Å². The molecule has 2 heterocycles. The van der Waals surface area contributed by atoms with Crippen LogP contribution in [0.25, 0.3) is 107 Å². The van der Waals surface area contributed by atoms with Crippen LogP contribution in [0.15, 0.2) is 249 Å². The fraction of sp³-hybridized carbons (Fsp3) is 0. The molecule has 0 unspecified atom stereocenters. The van der Waals surface area contributed by atoms with E-state index < -0.39 is 0 Å². The van der Waals surface area contributed by atoms with Crippen LogP contribution in [0, 0.1) is 0 Å². The largest absolute Gasteiger partial charge is 0.456 e. The van der Waals surface area contributed by atoms with Gasteiger partial charge in [0.2, 0.25) is 0 Å². The zero-order chi connectivity index (χ0) is 45.4. The van der Waals surface area contributed by atoms with Gasteiger partial charge in [-0.1, -0.05) is 182 Å². The van der Waals surface area contributed by atoms with Gasteiger partial charge in [0.1, 0.15) is 11.5 Å². The minimum atomic E-state index is 0.832. The minimum absolute atomic E-state index is 0.832. The monoisotopic (exact) mass is 895 g/mol. The predicted octanol–water partition coefficient (Wildman–Crippen LogP) is 19.5. The summed E-state index contributed by atoms with van der Waals surface area (Å²) in [6, 6.07) is 91.1. The van der Waals surface area contributed by atoms with Crippen molar-refractivity contribution in [3.63, 3.8) is 0 Å². The van der Waals surface area contributed by atoms with Crippen molar-refractivity contribution in [1.82, 2.24) is 0 Å². The smallest absolute Gasteiger partial charge is 0.135 e. The van der Waals surface area contributed by atoms with E-state index in [0.29, 0.717) is 0 Å². The quantitative estimate of drug-likeness (QED) is 0.175. The lowest BCUT2D eigenvalue weighted by Gasteiger charge is -2.27. The molecule has 13 aromatic rings. The van der Waals surface area contributed by atoms with Crippen LogP contribution in [0.4, 0.5) is 17.1 Å². The molecule has 69 heavy (non-hydrogen) atoms. The van der Waals surface area contributed by atoms with Crippen LogP contribution >= 0.6 is 11.3 Å². The molecule has 0 saturated heterocycles. The van der Waals surface area contributed by atoms with Crippen molar-refractivity contribution in [3.8, 4) is 44.9 Å². The van der Waals surface area contributed by atoms with Gasteiger partial charge in [-0.25, -0.2) is 0 Å². The molecule has 0 N–H and O–H groups in total. The van der Waals surface area contributed by atoms with Gasteiger partial charge in [-0.05, 0) is 143 Å². The summed E-state index contributed by atoms with van der Waals surface area (Å²) in [6.45, 7) is 0. The van der Waals surface area contributed by atoms with Gasteiger partial charge in [-0.15, -0.1) is 11.3 Å². The van der Waals surface area contributed by atoms with E-state index >= 15 is 0 Å². The molecule has 0 bridgehead atoms. The van der Waals surface area contributed by atoms with E-state index in [1.54, 1.807) is 0 Å². The highest BCUT2D eigenvalue weighted by Gasteiger charge is 2.23. The first-order valence-corrected chi connectivity index (χ1v) is 24.4. The second-order valence-electron chi connectivity index (χ2n) is 17.9. The number of rotatable bonds is 4. The third-order valence-electron chi connectivity index (χ3n) is 14.1. The maximum Gasteiger partial charge on any atom is 0.135 e. The maximum atomic E-state index is 6.78. The lowest BCUT2D eigenvalue weighted by atomic mass is 9.93. The van der Waals surface area contributed by atoms with Crippen molar-refractivity contribution >= 4 is 102 Å². The molecule has 0 fully saturated rings. The zero-order valence-corrected chi connectivity index (χ0v) is 38.3. The van der Waals surface area contributed by atoms with Gasteiger partial charge in [0.05, 0.1) is 0 Å². The summed E-state index contributed by atoms with van der Waals surface area (Å²) >= 11 is 1.87. The minimum Gasteiger partial charge on any atom is -0.456 e. The molecule has 1 aromatic heterocycles. The Morgan fingerprint density at radius 1 is 0.246 bits per heavy atom. The molecule has 0 saturated carbocycles. The lowest BCUT2D eigenvalue weighted by Crippen LogP contribution is -2.10. The highest BCUT2D eigenvalue weighted by Crippen LogP contribution is 2.50. The molecular weight excluding hydrogens is 855 g/mol. The molecule has 1 aliphatic rings. The molecule has 12 aromatic carbocycles. The van der Waals surface area contributed by atoms with Gasteiger partial charge in [-0.2, -0.15) is 0 Å². The summed E-state index contributed by atoms with van der Waals surface area (Å²) in [4.78, 5) is 2.41. The highest BCUT2D eigenvalue weighted by atomic mass is 32.1. The number of fused-ring (bicyclic) bond motifs is 18. The Hall–Kier alpha value is -8.76. The second-order valence-corrected chi connectivity index (χ2v) is 19.0. The number of hydrogen-bond donors (Lipinski definition) is 0. The van der Waals surface area contributed by atoms with Crippen LogP contribution in [0.3, 0.4) is 0 Å². The van der Waals surface area contributed by atoms with E-state index in [4.69, 9.17) is 4.74 Å². The number of anilines is 3. The van der Waals surface area contributed by atoms with E-state index in [2.05, 4.69) is 248 Å². The van der Waals surface area contributed by atoms with Gasteiger partial charge in [0, 0.05) is 48.4 Å². The van der Waals surface area contributed by atoms with Crippen LogP contribution in [-0.2, 0) is 0 Å². The SMILES string of the molecule is c1ccc(-c2ccc(N(c3ccc4c(c3)-c3ccccc3-c3ccccc3O4)c3ccc4c(c3)c3ccccc3c3ccccc3c3ccccc3c3cc5c(cc43)sc3ccccc35)cc2)cc1. The highest BCUT2D eigenvalue weighted by molar-refractivity contribution is 7.25. The van der Waals surface area contributed by atoms with Crippen molar-refractivity contribution < 1.29 is 4.74 Å². The van der Waals surface area contributed by atoms with Crippen molar-refractivity contribution in [3.05, 3.63) is 249 Å². The fourth-order valence-corrected chi connectivity index (χ4v) is 12.0. The van der Waals surface area contributed by atoms with E-state index in [1.165, 1.54) is 85.2 Å². The molecule has 0 radical (unpaired) electrons. The first-order valence-electron chi connectivity index (χ1n) is 23.6. The Balaban J connectivity index is 1.10. The number of thiophene rings is 1. The Morgan fingerprint density at radius 3 is 1.38 bits per heavy atom. The van der Waals surface area contributed by atoms with Crippen molar-refractivity contribution in [2.75, 3.05) is 4.90 Å². The van der Waals surface area contributed by atoms with Gasteiger partial charge in [0.25, 0.3) is 0 Å². The van der Waals surface area contributed by atoms with E-state index in [1.807, 2.05) is 17.4 Å². The number of para-hydroxylation sites is 1. The number of nitrogens with zero attached hydrogens (tertiary/aromatic N) is 1. The first-order chi connectivity index (χ1) is 34.2. The molecule has 14 rings (SSSR count). The molecule has 2 nitrogen and oxygen atoms in total. The van der Waals surface area contributed by atoms with Crippen molar-refractivity contribution in [1.29, 1.82) is 0 Å². The molecule has 0 aliphatic carbocycles. The van der Waals surface area contributed by atoms with Crippen LogP contribution in [0.1, 0.15) is 0 Å². The Kier molecular flexibility index (Phi) is 9.11. The van der Waals surface area contributed by atoms with Crippen molar-refractivity contribution in [2.45, 2.75) is 0 Å². The predicted molar refractivity (Wildman–Crippen MR) is 296 cm³/mol. The lowest BCUT2D eigenvalue weighted by molar-refractivity contribution is 0.488. The van der Waals surface area contributed by atoms with E-state index in [9.17, 15) is 0 Å². The van der Waals surface area contributed by atoms with Crippen molar-refractivity contribution in [2.24, 2.45) is 0 Å². The normalized spacial score (nSPS) is 11.9. The Labute approximate surface area is 403 Å². The second kappa shape index (κ2) is 16.0. The maximum absolute atomic E-state index is 6.78. The third-order valence-corrected chi connectivity index (χ3v) is 15.2. The zero-order valence-electron chi connectivity index (χ0n) is 37.4. The first kappa shape index (κ1) is 39.4. The summed E-state index contributed by atoms with van der Waals surface area (Å²) in [5.74, 6) is 1.69. The molecule has 3 heteroatoms. The summed E-state index contributed by atoms with van der Waals surface area (Å²) < 4.78 is 9.35. The summed E-state index contributed by atoms with van der Waals surface area (Å²) in [5.41, 5.74) is 9.93. The number of benzene rings is 11. The Morgan fingerprint density at radius 2 is 0.696 bits per heavy atom. The fourth-order valence-electron chi connectivity index (χ4n) is 10.9. The topological polar surface area (TPSA) is 12.5 Å². The van der Waals surface area contributed by atoms with Crippen LogP contribution in [0.5, 0.6) is 11.5 Å². The average Bonchev–Trinajstić information content (AvgIpc) is 3.72.